The van der Waals surface area contributed by atoms with Crippen LogP contribution in [0.5, 0.6) is 0 Å². The van der Waals surface area contributed by atoms with E-state index in [1.165, 1.54) is 0 Å². The number of para-hydroxylation sites is 2. The highest BCUT2D eigenvalue weighted by Crippen LogP contribution is 2.28. The van der Waals surface area contributed by atoms with Crippen molar-refractivity contribution in [2.45, 2.75) is 0 Å². The first-order valence-corrected chi connectivity index (χ1v) is 5.21. The van der Waals surface area contributed by atoms with Gasteiger partial charge in [0.2, 0.25) is 0 Å². The molecule has 0 radical (unpaired) electrons. The molecule has 1 aliphatic heterocycles. The van der Waals surface area contributed by atoms with Crippen LogP contribution in [0.15, 0.2) is 41.0 Å². The number of hydrogen-bond donors (Lipinski definition) is 2. The van der Waals surface area contributed by atoms with Crippen molar-refractivity contribution in [3.8, 4) is 0 Å². The second-order valence-electron chi connectivity index (χ2n) is 3.76. The molecule has 1 aromatic carbocycles. The van der Waals surface area contributed by atoms with Crippen molar-refractivity contribution in [3.05, 3.63) is 36.0 Å². The van der Waals surface area contributed by atoms with Crippen molar-refractivity contribution >= 4 is 17.2 Å². The Balaban J connectivity index is 2.49. The third-order valence-corrected chi connectivity index (χ3v) is 2.70. The highest BCUT2D eigenvalue weighted by atomic mass is 15.2. The fraction of sp³-hybridized carbons (Fsp3) is 0.250. The summed E-state index contributed by atoms with van der Waals surface area (Å²) in [5, 5.41) is 3.30. The maximum Gasteiger partial charge on any atom is 0.131 e. The van der Waals surface area contributed by atoms with Gasteiger partial charge in [0.05, 0.1) is 11.4 Å². The SMILES string of the molecule is CN=C1Nc2ccccc2N(C)C/C1=C/N. The van der Waals surface area contributed by atoms with Gasteiger partial charge >= 0.3 is 0 Å². The van der Waals surface area contributed by atoms with E-state index in [0.717, 1.165) is 29.3 Å². The third-order valence-electron chi connectivity index (χ3n) is 2.70. The van der Waals surface area contributed by atoms with E-state index in [1.807, 2.05) is 25.2 Å². The van der Waals surface area contributed by atoms with Gasteiger partial charge in [-0.2, -0.15) is 0 Å². The molecule has 4 heteroatoms. The molecule has 0 aromatic heterocycles. The van der Waals surface area contributed by atoms with E-state index in [0.29, 0.717) is 0 Å². The van der Waals surface area contributed by atoms with E-state index in [1.54, 1.807) is 13.2 Å². The minimum atomic E-state index is 0.757. The number of rotatable bonds is 0. The van der Waals surface area contributed by atoms with Crippen LogP contribution in [-0.4, -0.2) is 26.5 Å². The van der Waals surface area contributed by atoms with E-state index in [-0.39, 0.29) is 0 Å². The lowest BCUT2D eigenvalue weighted by atomic mass is 10.2. The Hall–Kier alpha value is -1.97. The van der Waals surface area contributed by atoms with Gasteiger partial charge in [-0.1, -0.05) is 12.1 Å². The van der Waals surface area contributed by atoms with Gasteiger partial charge in [0.1, 0.15) is 5.84 Å². The van der Waals surface area contributed by atoms with Gasteiger partial charge in [-0.3, -0.25) is 4.99 Å². The van der Waals surface area contributed by atoms with Crippen LogP contribution in [0.1, 0.15) is 0 Å². The molecule has 0 fully saturated rings. The molecule has 0 saturated heterocycles. The molecule has 0 atom stereocenters. The number of nitrogens with one attached hydrogen (secondary N) is 1. The first-order valence-electron chi connectivity index (χ1n) is 5.21. The predicted molar refractivity (Wildman–Crippen MR) is 69.0 cm³/mol. The molecule has 4 nitrogen and oxygen atoms in total. The summed E-state index contributed by atoms with van der Waals surface area (Å²) >= 11 is 0. The lowest BCUT2D eigenvalue weighted by Crippen LogP contribution is -2.23. The highest BCUT2D eigenvalue weighted by molar-refractivity contribution is 6.11. The fourth-order valence-corrected chi connectivity index (χ4v) is 1.87. The molecule has 1 aromatic rings. The summed E-state index contributed by atoms with van der Waals surface area (Å²) in [7, 11) is 3.81. The van der Waals surface area contributed by atoms with Crippen molar-refractivity contribution in [2.75, 3.05) is 30.9 Å². The quantitative estimate of drug-likeness (QED) is 0.689. The number of hydrogen-bond acceptors (Lipinski definition) is 3. The number of amidine groups is 1. The van der Waals surface area contributed by atoms with Crippen molar-refractivity contribution in [3.63, 3.8) is 0 Å². The Labute approximate surface area is 95.5 Å². The van der Waals surface area contributed by atoms with E-state index in [2.05, 4.69) is 21.3 Å². The second-order valence-corrected chi connectivity index (χ2v) is 3.76. The summed E-state index contributed by atoms with van der Waals surface area (Å²) in [5.41, 5.74) is 8.84. The third kappa shape index (κ3) is 1.74. The van der Waals surface area contributed by atoms with Gasteiger partial charge in [-0.05, 0) is 12.1 Å². The molecule has 3 N–H and O–H groups in total. The molecule has 0 spiro atoms. The topological polar surface area (TPSA) is 53.7 Å². The Morgan fingerprint density at radius 1 is 1.44 bits per heavy atom. The number of benzene rings is 1. The summed E-state index contributed by atoms with van der Waals surface area (Å²) in [6.45, 7) is 0.757. The van der Waals surface area contributed by atoms with Gasteiger partial charge in [-0.25, -0.2) is 0 Å². The van der Waals surface area contributed by atoms with Crippen LogP contribution in [0.4, 0.5) is 11.4 Å². The first kappa shape index (κ1) is 10.5. The smallest absolute Gasteiger partial charge is 0.131 e. The number of anilines is 2. The molecule has 1 heterocycles. The standard InChI is InChI=1S/C12H16N4/c1-14-12-9(7-13)8-16(2)11-6-4-3-5-10(11)15-12/h3-7H,8,13H2,1-2H3,(H,14,15)/b9-7-. The molecule has 1 aliphatic rings. The average molecular weight is 216 g/mol. The minimum Gasteiger partial charge on any atom is -0.404 e. The first-order chi connectivity index (χ1) is 7.76. The van der Waals surface area contributed by atoms with E-state index in [9.17, 15) is 0 Å². The van der Waals surface area contributed by atoms with Crippen molar-refractivity contribution in [2.24, 2.45) is 10.7 Å². The Kier molecular flexibility index (Phi) is 2.81. The predicted octanol–water partition coefficient (Wildman–Crippen LogP) is 1.42. The van der Waals surface area contributed by atoms with Crippen LogP contribution in [-0.2, 0) is 0 Å². The average Bonchev–Trinajstić information content (AvgIpc) is 2.46. The summed E-state index contributed by atoms with van der Waals surface area (Å²) < 4.78 is 0. The molecule has 0 saturated carbocycles. The van der Waals surface area contributed by atoms with Crippen LogP contribution in [0, 0.1) is 0 Å². The van der Waals surface area contributed by atoms with Gasteiger partial charge in [-0.15, -0.1) is 0 Å². The van der Waals surface area contributed by atoms with E-state index < -0.39 is 0 Å². The molecular formula is C12H16N4. The van der Waals surface area contributed by atoms with Crippen molar-refractivity contribution in [1.82, 2.24) is 0 Å². The summed E-state index contributed by atoms with van der Waals surface area (Å²) in [6.07, 6.45) is 1.61. The van der Waals surface area contributed by atoms with Crippen LogP contribution in [0.3, 0.4) is 0 Å². The van der Waals surface area contributed by atoms with E-state index >= 15 is 0 Å². The van der Waals surface area contributed by atoms with Gasteiger partial charge < -0.3 is 16.0 Å². The molecule has 2 rings (SSSR count). The molecule has 0 aliphatic carbocycles. The van der Waals surface area contributed by atoms with Gasteiger partial charge in [0.15, 0.2) is 0 Å². The van der Waals surface area contributed by atoms with Crippen LogP contribution in [0.25, 0.3) is 0 Å². The lowest BCUT2D eigenvalue weighted by Gasteiger charge is -2.18. The zero-order valence-electron chi connectivity index (χ0n) is 9.57. The zero-order valence-corrected chi connectivity index (χ0v) is 9.57. The molecule has 0 bridgehead atoms. The van der Waals surface area contributed by atoms with Crippen LogP contribution in [0.2, 0.25) is 0 Å². The molecule has 0 amide bonds. The van der Waals surface area contributed by atoms with Crippen molar-refractivity contribution < 1.29 is 0 Å². The summed E-state index contributed by atoms with van der Waals surface area (Å²) in [5.74, 6) is 0.833. The van der Waals surface area contributed by atoms with Gasteiger partial charge in [0.25, 0.3) is 0 Å². The van der Waals surface area contributed by atoms with Gasteiger partial charge in [0, 0.05) is 32.4 Å². The Morgan fingerprint density at radius 2 is 2.19 bits per heavy atom. The van der Waals surface area contributed by atoms with Crippen molar-refractivity contribution in [1.29, 1.82) is 0 Å². The number of nitrogens with zero attached hydrogens (tertiary/aromatic N) is 2. The zero-order chi connectivity index (χ0) is 11.5. The highest BCUT2D eigenvalue weighted by Gasteiger charge is 2.17. The number of likely N-dealkylation sites (N-methyl/N-ethyl adjacent to an activating group) is 1. The Bertz CT molecular complexity index is 448. The summed E-state index contributed by atoms with van der Waals surface area (Å²) in [4.78, 5) is 6.38. The largest absolute Gasteiger partial charge is 0.404 e. The Morgan fingerprint density at radius 3 is 2.88 bits per heavy atom. The molecular weight excluding hydrogens is 200 g/mol. The molecule has 84 valence electrons. The monoisotopic (exact) mass is 216 g/mol. The van der Waals surface area contributed by atoms with E-state index in [4.69, 9.17) is 5.73 Å². The fourth-order valence-electron chi connectivity index (χ4n) is 1.87. The number of fused-ring (bicyclic) bond motifs is 1. The number of aliphatic imine (C=N–C) groups is 1. The normalized spacial score (nSPS) is 20.5. The maximum atomic E-state index is 5.63. The van der Waals surface area contributed by atoms with Crippen LogP contribution >= 0.6 is 0 Å². The second kappa shape index (κ2) is 4.26. The minimum absolute atomic E-state index is 0.757. The maximum absolute atomic E-state index is 5.63. The van der Waals surface area contributed by atoms with Crippen LogP contribution < -0.4 is 16.0 Å². The lowest BCUT2D eigenvalue weighted by molar-refractivity contribution is 1.02. The number of nitrogens with two attached hydrogens (primary N) is 1. The molecule has 16 heavy (non-hydrogen) atoms. The molecule has 0 unspecified atom stereocenters. The summed E-state index contributed by atoms with van der Waals surface area (Å²) in [6, 6.07) is 8.15.